The summed E-state index contributed by atoms with van der Waals surface area (Å²) in [6.07, 6.45) is 2.73. The second kappa shape index (κ2) is 6.09. The van der Waals surface area contributed by atoms with E-state index in [4.69, 9.17) is 5.11 Å². The van der Waals surface area contributed by atoms with E-state index in [1.807, 2.05) is 13.8 Å². The minimum Gasteiger partial charge on any atom is -0.481 e. The van der Waals surface area contributed by atoms with Crippen LogP contribution in [-0.4, -0.2) is 33.0 Å². The normalized spacial score (nSPS) is 12.2. The van der Waals surface area contributed by atoms with Crippen LogP contribution in [0.2, 0.25) is 0 Å². The lowest BCUT2D eigenvalue weighted by Gasteiger charge is -2.14. The summed E-state index contributed by atoms with van der Waals surface area (Å²) in [5.74, 6) is -1.19. The second-order valence-corrected chi connectivity index (χ2v) is 4.45. The molecule has 18 heavy (non-hydrogen) atoms. The van der Waals surface area contributed by atoms with Gasteiger partial charge in [0.15, 0.2) is 0 Å². The maximum atomic E-state index is 12.0. The Balaban J connectivity index is 2.81. The lowest BCUT2D eigenvalue weighted by Crippen LogP contribution is -2.35. The molecule has 98 valence electrons. The zero-order valence-corrected chi connectivity index (χ0v) is 10.7. The molecule has 0 aromatic carbocycles. The number of aliphatic carboxylic acids is 1. The number of nitrogens with zero attached hydrogens (tertiary/aromatic N) is 2. The number of hydrogen-bond acceptors (Lipinski definition) is 4. The van der Waals surface area contributed by atoms with Crippen LogP contribution in [0.3, 0.4) is 0 Å². The number of hydrogen-bond donors (Lipinski definition) is 2. The molecule has 0 saturated heterocycles. The van der Waals surface area contributed by atoms with Crippen LogP contribution < -0.4 is 5.32 Å². The standard InChI is InChI=1S/C12H17N3O3/c1-7(2)11-9(5-13-6-14-11)12(18)15-8(3)4-10(16)17/h5-8H,4H2,1-3H3,(H,15,18)(H,16,17). The third-order valence-corrected chi connectivity index (χ3v) is 2.39. The Morgan fingerprint density at radius 1 is 1.39 bits per heavy atom. The molecule has 0 aliphatic carbocycles. The van der Waals surface area contributed by atoms with E-state index in [-0.39, 0.29) is 18.2 Å². The number of rotatable bonds is 5. The largest absolute Gasteiger partial charge is 0.481 e. The maximum absolute atomic E-state index is 12.0. The first-order valence-corrected chi connectivity index (χ1v) is 5.74. The molecule has 0 radical (unpaired) electrons. The van der Waals surface area contributed by atoms with Gasteiger partial charge in [-0.05, 0) is 12.8 Å². The van der Waals surface area contributed by atoms with Crippen LogP contribution in [0.4, 0.5) is 0 Å². The molecule has 1 atom stereocenters. The van der Waals surface area contributed by atoms with Gasteiger partial charge < -0.3 is 10.4 Å². The predicted molar refractivity (Wildman–Crippen MR) is 65.3 cm³/mol. The Labute approximate surface area is 105 Å². The Kier molecular flexibility index (Phi) is 4.76. The lowest BCUT2D eigenvalue weighted by molar-refractivity contribution is -0.137. The van der Waals surface area contributed by atoms with Crippen LogP contribution in [0.1, 0.15) is 49.2 Å². The van der Waals surface area contributed by atoms with Gasteiger partial charge in [0, 0.05) is 12.2 Å². The van der Waals surface area contributed by atoms with Crippen molar-refractivity contribution in [2.45, 2.75) is 39.2 Å². The first kappa shape index (κ1) is 14.1. The molecule has 1 unspecified atom stereocenters. The van der Waals surface area contributed by atoms with Gasteiger partial charge in [0.25, 0.3) is 5.91 Å². The Hall–Kier alpha value is -1.98. The van der Waals surface area contributed by atoms with E-state index in [9.17, 15) is 9.59 Å². The van der Waals surface area contributed by atoms with Crippen molar-refractivity contribution in [1.29, 1.82) is 0 Å². The molecule has 0 aliphatic heterocycles. The second-order valence-electron chi connectivity index (χ2n) is 4.45. The van der Waals surface area contributed by atoms with Crippen LogP contribution in [0.15, 0.2) is 12.5 Å². The summed E-state index contributed by atoms with van der Waals surface area (Å²) in [5.41, 5.74) is 1.05. The van der Waals surface area contributed by atoms with Gasteiger partial charge in [-0.3, -0.25) is 9.59 Å². The van der Waals surface area contributed by atoms with Gasteiger partial charge in [-0.15, -0.1) is 0 Å². The Morgan fingerprint density at radius 2 is 2.06 bits per heavy atom. The molecule has 1 aromatic rings. The van der Waals surface area contributed by atoms with Gasteiger partial charge in [0.05, 0.1) is 17.7 Å². The van der Waals surface area contributed by atoms with E-state index in [0.717, 1.165) is 0 Å². The SMILES string of the molecule is CC(CC(=O)O)NC(=O)c1cncnc1C(C)C. The van der Waals surface area contributed by atoms with E-state index in [1.165, 1.54) is 12.5 Å². The number of nitrogens with one attached hydrogen (secondary N) is 1. The van der Waals surface area contributed by atoms with E-state index in [2.05, 4.69) is 15.3 Å². The highest BCUT2D eigenvalue weighted by atomic mass is 16.4. The quantitative estimate of drug-likeness (QED) is 0.820. The van der Waals surface area contributed by atoms with E-state index in [1.54, 1.807) is 6.92 Å². The van der Waals surface area contributed by atoms with Gasteiger partial charge in [-0.1, -0.05) is 13.8 Å². The number of aromatic nitrogens is 2. The van der Waals surface area contributed by atoms with Crippen molar-refractivity contribution in [3.8, 4) is 0 Å². The van der Waals surface area contributed by atoms with Crippen molar-refractivity contribution >= 4 is 11.9 Å². The van der Waals surface area contributed by atoms with Gasteiger partial charge >= 0.3 is 5.97 Å². The summed E-state index contributed by atoms with van der Waals surface area (Å²) in [4.78, 5) is 30.4. The summed E-state index contributed by atoms with van der Waals surface area (Å²) in [6, 6.07) is -0.435. The highest BCUT2D eigenvalue weighted by Crippen LogP contribution is 2.15. The first-order chi connectivity index (χ1) is 8.41. The van der Waals surface area contributed by atoms with Crippen molar-refractivity contribution in [2.75, 3.05) is 0 Å². The number of carboxylic acid groups (broad SMARTS) is 1. The molecule has 0 aliphatic rings. The topological polar surface area (TPSA) is 92.2 Å². The van der Waals surface area contributed by atoms with Gasteiger partial charge in [0.2, 0.25) is 0 Å². The molecule has 1 heterocycles. The van der Waals surface area contributed by atoms with Gasteiger partial charge in [0.1, 0.15) is 6.33 Å². The molecule has 1 aromatic heterocycles. The third-order valence-electron chi connectivity index (χ3n) is 2.39. The van der Waals surface area contributed by atoms with E-state index >= 15 is 0 Å². The molecule has 0 spiro atoms. The molecule has 0 fully saturated rings. The van der Waals surface area contributed by atoms with Crippen molar-refractivity contribution in [3.63, 3.8) is 0 Å². The maximum Gasteiger partial charge on any atom is 0.305 e. The number of carboxylic acids is 1. The fourth-order valence-electron chi connectivity index (χ4n) is 1.59. The van der Waals surface area contributed by atoms with Crippen molar-refractivity contribution < 1.29 is 14.7 Å². The molecule has 2 N–H and O–H groups in total. The summed E-state index contributed by atoms with van der Waals surface area (Å²) in [6.45, 7) is 5.50. The fourth-order valence-corrected chi connectivity index (χ4v) is 1.59. The average molecular weight is 251 g/mol. The fraction of sp³-hybridized carbons (Fsp3) is 0.500. The minimum absolute atomic E-state index is 0.100. The molecular weight excluding hydrogens is 234 g/mol. The van der Waals surface area contributed by atoms with E-state index in [0.29, 0.717) is 11.3 Å². The molecule has 6 heteroatoms. The number of amides is 1. The molecule has 1 rings (SSSR count). The summed E-state index contributed by atoms with van der Waals surface area (Å²) in [7, 11) is 0. The average Bonchev–Trinajstić information content (AvgIpc) is 2.27. The molecule has 0 saturated carbocycles. The minimum atomic E-state index is -0.948. The molecule has 6 nitrogen and oxygen atoms in total. The first-order valence-electron chi connectivity index (χ1n) is 5.74. The summed E-state index contributed by atoms with van der Waals surface area (Å²) in [5, 5.41) is 11.3. The Bertz CT molecular complexity index is 446. The number of carbonyl (C=O) groups excluding carboxylic acids is 1. The van der Waals surface area contributed by atoms with Gasteiger partial charge in [-0.25, -0.2) is 9.97 Å². The van der Waals surface area contributed by atoms with Crippen LogP contribution in [0, 0.1) is 0 Å². The highest BCUT2D eigenvalue weighted by Gasteiger charge is 2.18. The van der Waals surface area contributed by atoms with Crippen LogP contribution in [-0.2, 0) is 4.79 Å². The predicted octanol–water partition coefficient (Wildman–Crippen LogP) is 1.19. The lowest BCUT2D eigenvalue weighted by atomic mass is 10.0. The van der Waals surface area contributed by atoms with Crippen molar-refractivity contribution in [3.05, 3.63) is 23.8 Å². The summed E-state index contributed by atoms with van der Waals surface area (Å²) < 4.78 is 0. The molecule has 0 bridgehead atoms. The van der Waals surface area contributed by atoms with Crippen molar-refractivity contribution in [2.24, 2.45) is 0 Å². The van der Waals surface area contributed by atoms with E-state index < -0.39 is 12.0 Å². The Morgan fingerprint density at radius 3 is 2.61 bits per heavy atom. The highest BCUT2D eigenvalue weighted by molar-refractivity contribution is 5.95. The van der Waals surface area contributed by atoms with Crippen LogP contribution in [0.25, 0.3) is 0 Å². The third kappa shape index (κ3) is 3.80. The zero-order valence-electron chi connectivity index (χ0n) is 10.7. The smallest absolute Gasteiger partial charge is 0.305 e. The monoisotopic (exact) mass is 251 g/mol. The van der Waals surface area contributed by atoms with Crippen LogP contribution >= 0.6 is 0 Å². The van der Waals surface area contributed by atoms with Crippen LogP contribution in [0.5, 0.6) is 0 Å². The molecule has 1 amide bonds. The number of carbonyl (C=O) groups is 2. The molecular formula is C12H17N3O3. The summed E-state index contributed by atoms with van der Waals surface area (Å²) >= 11 is 0. The van der Waals surface area contributed by atoms with Crippen molar-refractivity contribution in [1.82, 2.24) is 15.3 Å². The van der Waals surface area contributed by atoms with Gasteiger partial charge in [-0.2, -0.15) is 0 Å². The zero-order chi connectivity index (χ0) is 13.7.